The van der Waals surface area contributed by atoms with Crippen LogP contribution in [0.25, 0.3) is 0 Å². The lowest BCUT2D eigenvalue weighted by Crippen LogP contribution is -2.30. The van der Waals surface area contributed by atoms with Crippen LogP contribution in [0.1, 0.15) is 17.3 Å². The number of benzene rings is 3. The van der Waals surface area contributed by atoms with E-state index >= 15 is 0 Å². The minimum atomic E-state index is -3.79. The highest BCUT2D eigenvalue weighted by molar-refractivity contribution is 7.92. The van der Waals surface area contributed by atoms with E-state index in [1.165, 1.54) is 66.9 Å². The van der Waals surface area contributed by atoms with E-state index in [-0.39, 0.29) is 21.9 Å². The Morgan fingerprint density at radius 1 is 0.758 bits per heavy atom. The molecule has 0 spiro atoms. The van der Waals surface area contributed by atoms with Crippen molar-refractivity contribution in [2.24, 2.45) is 0 Å². The SMILES string of the molecule is CCN(c1ccccc1)S(=O)(=O)c1ccc(C(=O)Nc2ccc(S(=O)(=O)N(C)C)cc2)cc1. The van der Waals surface area contributed by atoms with E-state index in [0.717, 1.165) is 4.31 Å². The van der Waals surface area contributed by atoms with Crippen molar-refractivity contribution in [2.75, 3.05) is 30.3 Å². The minimum absolute atomic E-state index is 0.0722. The van der Waals surface area contributed by atoms with Gasteiger partial charge in [0, 0.05) is 31.9 Å². The Hall–Kier alpha value is -3.21. The van der Waals surface area contributed by atoms with Crippen molar-refractivity contribution >= 4 is 37.3 Å². The number of hydrogen-bond donors (Lipinski definition) is 1. The fraction of sp³-hybridized carbons (Fsp3) is 0.174. The lowest BCUT2D eigenvalue weighted by Gasteiger charge is -2.23. The number of amides is 1. The van der Waals surface area contributed by atoms with Crippen molar-refractivity contribution in [1.29, 1.82) is 0 Å². The highest BCUT2D eigenvalue weighted by Gasteiger charge is 2.24. The van der Waals surface area contributed by atoms with Gasteiger partial charge in [-0.2, -0.15) is 0 Å². The third-order valence-electron chi connectivity index (χ3n) is 4.93. The summed E-state index contributed by atoms with van der Waals surface area (Å²) in [6.07, 6.45) is 0. The average molecular weight is 488 g/mol. The second kappa shape index (κ2) is 9.74. The molecule has 0 atom stereocenters. The summed E-state index contributed by atoms with van der Waals surface area (Å²) in [4.78, 5) is 12.8. The van der Waals surface area contributed by atoms with Crippen LogP contribution in [0.5, 0.6) is 0 Å². The summed E-state index contributed by atoms with van der Waals surface area (Å²) in [6.45, 7) is 2.01. The molecule has 8 nitrogen and oxygen atoms in total. The van der Waals surface area contributed by atoms with E-state index < -0.39 is 26.0 Å². The van der Waals surface area contributed by atoms with Crippen LogP contribution >= 0.6 is 0 Å². The summed E-state index contributed by atoms with van der Waals surface area (Å²) in [5.41, 5.74) is 1.24. The van der Waals surface area contributed by atoms with Crippen LogP contribution in [-0.2, 0) is 20.0 Å². The van der Waals surface area contributed by atoms with E-state index in [1.807, 2.05) is 6.07 Å². The van der Waals surface area contributed by atoms with Crippen molar-refractivity contribution in [1.82, 2.24) is 4.31 Å². The van der Waals surface area contributed by atoms with Crippen molar-refractivity contribution in [2.45, 2.75) is 16.7 Å². The molecule has 0 saturated carbocycles. The molecule has 0 bridgehead atoms. The molecule has 33 heavy (non-hydrogen) atoms. The molecule has 0 radical (unpaired) electrons. The largest absolute Gasteiger partial charge is 0.322 e. The van der Waals surface area contributed by atoms with Crippen molar-refractivity contribution in [3.8, 4) is 0 Å². The summed E-state index contributed by atoms with van der Waals surface area (Å²) < 4.78 is 52.8. The van der Waals surface area contributed by atoms with Crippen LogP contribution in [0.2, 0.25) is 0 Å². The Labute approximate surface area is 194 Å². The van der Waals surface area contributed by atoms with E-state index in [9.17, 15) is 21.6 Å². The molecule has 0 unspecified atom stereocenters. The molecule has 10 heteroatoms. The molecule has 1 amide bonds. The highest BCUT2D eigenvalue weighted by atomic mass is 32.2. The zero-order valence-corrected chi connectivity index (χ0v) is 20.1. The first-order valence-electron chi connectivity index (χ1n) is 10.1. The van der Waals surface area contributed by atoms with Crippen molar-refractivity contribution in [3.63, 3.8) is 0 Å². The van der Waals surface area contributed by atoms with Gasteiger partial charge < -0.3 is 5.32 Å². The van der Waals surface area contributed by atoms with Gasteiger partial charge in [-0.1, -0.05) is 18.2 Å². The first-order chi connectivity index (χ1) is 15.6. The smallest absolute Gasteiger partial charge is 0.264 e. The van der Waals surface area contributed by atoms with Gasteiger partial charge in [0.25, 0.3) is 15.9 Å². The fourth-order valence-electron chi connectivity index (χ4n) is 3.12. The minimum Gasteiger partial charge on any atom is -0.322 e. The summed E-state index contributed by atoms with van der Waals surface area (Å²) in [5, 5.41) is 2.68. The predicted octanol–water partition coefficient (Wildman–Crippen LogP) is 3.40. The molecule has 0 saturated heterocycles. The molecule has 0 aliphatic carbocycles. The zero-order chi connectivity index (χ0) is 24.2. The van der Waals surface area contributed by atoms with E-state index in [4.69, 9.17) is 0 Å². The molecule has 1 N–H and O–H groups in total. The van der Waals surface area contributed by atoms with Gasteiger partial charge in [0.1, 0.15) is 0 Å². The number of hydrogen-bond acceptors (Lipinski definition) is 5. The lowest BCUT2D eigenvalue weighted by molar-refractivity contribution is 0.102. The number of carbonyl (C=O) groups is 1. The quantitative estimate of drug-likeness (QED) is 0.524. The van der Waals surface area contributed by atoms with E-state index in [2.05, 4.69) is 5.32 Å². The van der Waals surface area contributed by atoms with Gasteiger partial charge in [-0.15, -0.1) is 0 Å². The van der Waals surface area contributed by atoms with E-state index in [1.54, 1.807) is 31.2 Å². The summed E-state index contributed by atoms with van der Waals surface area (Å²) in [6, 6.07) is 20.2. The van der Waals surface area contributed by atoms with E-state index in [0.29, 0.717) is 11.4 Å². The molecule has 0 fully saturated rings. The average Bonchev–Trinajstić information content (AvgIpc) is 2.80. The molecular weight excluding hydrogens is 462 g/mol. The van der Waals surface area contributed by atoms with Crippen LogP contribution in [0, 0.1) is 0 Å². The molecule has 0 aromatic heterocycles. The number of nitrogens with zero attached hydrogens (tertiary/aromatic N) is 2. The molecule has 0 aliphatic rings. The molecule has 0 heterocycles. The molecular formula is C23H25N3O5S2. The Kier molecular flexibility index (Phi) is 7.21. The Bertz CT molecular complexity index is 1320. The van der Waals surface area contributed by atoms with Gasteiger partial charge in [-0.3, -0.25) is 9.10 Å². The van der Waals surface area contributed by atoms with Gasteiger partial charge in [-0.25, -0.2) is 21.1 Å². The number of rotatable bonds is 8. The monoisotopic (exact) mass is 487 g/mol. The van der Waals surface area contributed by atoms with Crippen LogP contribution in [0.3, 0.4) is 0 Å². The molecule has 3 aromatic rings. The lowest BCUT2D eigenvalue weighted by atomic mass is 10.2. The Morgan fingerprint density at radius 2 is 1.27 bits per heavy atom. The topological polar surface area (TPSA) is 104 Å². The Balaban J connectivity index is 1.76. The molecule has 3 aromatic carbocycles. The highest BCUT2D eigenvalue weighted by Crippen LogP contribution is 2.24. The van der Waals surface area contributed by atoms with Gasteiger partial charge in [-0.05, 0) is 67.6 Å². The first-order valence-corrected chi connectivity index (χ1v) is 13.0. The zero-order valence-electron chi connectivity index (χ0n) is 18.5. The van der Waals surface area contributed by atoms with Crippen molar-refractivity contribution in [3.05, 3.63) is 84.4 Å². The van der Waals surface area contributed by atoms with Crippen LogP contribution in [0.15, 0.2) is 88.7 Å². The molecule has 0 aliphatic heterocycles. The molecule has 174 valence electrons. The number of carbonyl (C=O) groups excluding carboxylic acids is 1. The second-order valence-electron chi connectivity index (χ2n) is 7.30. The maximum atomic E-state index is 13.1. The number of para-hydroxylation sites is 1. The fourth-order valence-corrected chi connectivity index (χ4v) is 5.49. The third kappa shape index (κ3) is 5.24. The van der Waals surface area contributed by atoms with Crippen molar-refractivity contribution < 1.29 is 21.6 Å². The standard InChI is InChI=1S/C23H25N3O5S2/c1-4-26(20-8-6-5-7-9-20)33(30,31)22-14-10-18(11-15-22)23(27)24-19-12-16-21(17-13-19)32(28,29)25(2)3/h5-17H,4H2,1-3H3,(H,24,27). The maximum absolute atomic E-state index is 13.1. The summed E-state index contributed by atoms with van der Waals surface area (Å²) in [7, 11) is -4.48. The van der Waals surface area contributed by atoms with Crippen LogP contribution in [-0.4, -0.2) is 47.7 Å². The predicted molar refractivity (Wildman–Crippen MR) is 128 cm³/mol. The van der Waals surface area contributed by atoms with Gasteiger partial charge in [0.2, 0.25) is 10.0 Å². The third-order valence-corrected chi connectivity index (χ3v) is 8.67. The van der Waals surface area contributed by atoms with Gasteiger partial charge >= 0.3 is 0 Å². The van der Waals surface area contributed by atoms with Gasteiger partial charge in [0.05, 0.1) is 15.5 Å². The number of anilines is 2. The first kappa shape index (κ1) is 24.4. The maximum Gasteiger partial charge on any atom is 0.264 e. The Morgan fingerprint density at radius 3 is 1.79 bits per heavy atom. The second-order valence-corrected chi connectivity index (χ2v) is 11.3. The summed E-state index contributed by atoms with van der Waals surface area (Å²) in [5.74, 6) is -0.447. The summed E-state index contributed by atoms with van der Waals surface area (Å²) >= 11 is 0. The number of nitrogens with one attached hydrogen (secondary N) is 1. The van der Waals surface area contributed by atoms with Gasteiger partial charge in [0.15, 0.2) is 0 Å². The number of sulfonamides is 2. The van der Waals surface area contributed by atoms with Crippen LogP contribution in [0.4, 0.5) is 11.4 Å². The normalized spacial score (nSPS) is 11.9. The molecule has 3 rings (SSSR count). The van der Waals surface area contributed by atoms with Crippen LogP contribution < -0.4 is 9.62 Å².